The van der Waals surface area contributed by atoms with Gasteiger partial charge in [-0.25, -0.2) is 4.79 Å². The largest absolute Gasteiger partial charge is 0.445 e. The quantitative estimate of drug-likeness (QED) is 0.841. The maximum atomic E-state index is 11.9. The predicted molar refractivity (Wildman–Crippen MR) is 69.7 cm³/mol. The first kappa shape index (κ1) is 12.4. The van der Waals surface area contributed by atoms with E-state index < -0.39 is 6.09 Å². The zero-order chi connectivity index (χ0) is 13.0. The van der Waals surface area contributed by atoms with E-state index >= 15 is 0 Å². The van der Waals surface area contributed by atoms with Gasteiger partial charge in [-0.05, 0) is 18.1 Å². The number of aliphatic hydroxyl groups is 1. The topological polar surface area (TPSA) is 51.5 Å². The summed E-state index contributed by atoms with van der Waals surface area (Å²) in [6.45, 7) is 3.74. The molecule has 1 N–H and O–H groups in total. The Kier molecular flexibility index (Phi) is 3.79. The lowest BCUT2D eigenvalue weighted by Crippen LogP contribution is -2.12. The van der Waals surface area contributed by atoms with E-state index in [0.29, 0.717) is 6.42 Å². The van der Waals surface area contributed by atoms with Crippen LogP contribution in [0.15, 0.2) is 43.1 Å². The third-order valence-electron chi connectivity index (χ3n) is 2.70. The van der Waals surface area contributed by atoms with E-state index in [4.69, 9.17) is 9.84 Å². The van der Waals surface area contributed by atoms with Gasteiger partial charge in [0.15, 0.2) is 0 Å². The Morgan fingerprint density at radius 2 is 2.22 bits per heavy atom. The number of nitrogens with zero attached hydrogens (tertiary/aromatic N) is 1. The molecule has 94 valence electrons. The van der Waals surface area contributed by atoms with Gasteiger partial charge in [-0.15, -0.1) is 0 Å². The first-order valence-electron chi connectivity index (χ1n) is 5.75. The van der Waals surface area contributed by atoms with E-state index in [1.165, 1.54) is 10.6 Å². The van der Waals surface area contributed by atoms with Crippen LogP contribution in [0.4, 0.5) is 4.79 Å². The molecule has 0 amide bonds. The van der Waals surface area contributed by atoms with E-state index in [9.17, 15) is 4.79 Å². The van der Waals surface area contributed by atoms with Gasteiger partial charge in [-0.1, -0.05) is 30.9 Å². The van der Waals surface area contributed by atoms with Gasteiger partial charge in [-0.2, -0.15) is 0 Å². The maximum Gasteiger partial charge on any atom is 0.418 e. The Labute approximate surface area is 105 Å². The van der Waals surface area contributed by atoms with E-state index in [1.807, 2.05) is 24.3 Å². The van der Waals surface area contributed by atoms with Crippen LogP contribution in [0, 0.1) is 0 Å². The van der Waals surface area contributed by atoms with E-state index in [0.717, 1.165) is 16.5 Å². The molecule has 0 saturated heterocycles. The van der Waals surface area contributed by atoms with Crippen LogP contribution < -0.4 is 0 Å². The number of aromatic nitrogens is 1. The summed E-state index contributed by atoms with van der Waals surface area (Å²) >= 11 is 0. The van der Waals surface area contributed by atoms with Crippen molar-refractivity contribution in [2.45, 2.75) is 6.42 Å². The van der Waals surface area contributed by atoms with Crippen LogP contribution in [0.2, 0.25) is 0 Å². The zero-order valence-electron chi connectivity index (χ0n) is 10.0. The molecule has 0 aliphatic rings. The van der Waals surface area contributed by atoms with Gasteiger partial charge in [-0.3, -0.25) is 4.57 Å². The lowest BCUT2D eigenvalue weighted by molar-refractivity contribution is 0.161. The lowest BCUT2D eigenvalue weighted by Gasteiger charge is -2.03. The molecule has 1 heterocycles. The van der Waals surface area contributed by atoms with Crippen molar-refractivity contribution in [2.75, 3.05) is 13.2 Å². The summed E-state index contributed by atoms with van der Waals surface area (Å²) < 4.78 is 6.48. The van der Waals surface area contributed by atoms with Gasteiger partial charge in [0.2, 0.25) is 0 Å². The van der Waals surface area contributed by atoms with Gasteiger partial charge in [0.05, 0.1) is 5.52 Å². The van der Waals surface area contributed by atoms with Crippen molar-refractivity contribution in [3.63, 3.8) is 0 Å². The highest BCUT2D eigenvalue weighted by Crippen LogP contribution is 2.21. The second-order valence-corrected chi connectivity index (χ2v) is 3.88. The van der Waals surface area contributed by atoms with E-state index in [2.05, 4.69) is 6.58 Å². The molecule has 1 aromatic heterocycles. The second-order valence-electron chi connectivity index (χ2n) is 3.88. The number of carbonyl (C=O) groups is 1. The molecule has 0 aliphatic carbocycles. The molecule has 0 bridgehead atoms. The Balaban J connectivity index is 2.43. The van der Waals surface area contributed by atoms with Crippen LogP contribution in [0.1, 0.15) is 5.56 Å². The van der Waals surface area contributed by atoms with Crippen molar-refractivity contribution < 1.29 is 14.6 Å². The number of hydrogen-bond acceptors (Lipinski definition) is 3. The average Bonchev–Trinajstić information content (AvgIpc) is 2.76. The Morgan fingerprint density at radius 3 is 2.94 bits per heavy atom. The van der Waals surface area contributed by atoms with Crippen LogP contribution >= 0.6 is 0 Å². The fourth-order valence-corrected chi connectivity index (χ4v) is 1.92. The van der Waals surface area contributed by atoms with Crippen LogP contribution in [0.5, 0.6) is 0 Å². The summed E-state index contributed by atoms with van der Waals surface area (Å²) in [6.07, 6.45) is 3.32. The summed E-state index contributed by atoms with van der Waals surface area (Å²) in [5.74, 6) is 0. The normalized spacial score (nSPS) is 10.5. The molecule has 0 saturated carbocycles. The fraction of sp³-hybridized carbons (Fsp3) is 0.214. The summed E-state index contributed by atoms with van der Waals surface area (Å²) in [4.78, 5) is 11.9. The molecule has 1 aromatic carbocycles. The average molecular weight is 245 g/mol. The molecule has 0 radical (unpaired) electrons. The van der Waals surface area contributed by atoms with Crippen LogP contribution in [0.3, 0.4) is 0 Å². The number of aliphatic hydroxyl groups excluding tert-OH is 1. The van der Waals surface area contributed by atoms with Crippen LogP contribution in [0.25, 0.3) is 10.9 Å². The smallest absolute Gasteiger partial charge is 0.418 e. The molecule has 0 unspecified atom stereocenters. The lowest BCUT2D eigenvalue weighted by atomic mass is 10.1. The molecule has 0 fully saturated rings. The number of hydrogen-bond donors (Lipinski definition) is 1. The van der Waals surface area contributed by atoms with Crippen molar-refractivity contribution in [2.24, 2.45) is 0 Å². The highest BCUT2D eigenvalue weighted by atomic mass is 16.5. The third-order valence-corrected chi connectivity index (χ3v) is 2.70. The molecule has 0 aliphatic heterocycles. The SMILES string of the molecule is C=CCOC(=O)n1cc(CCO)c2ccccc21. The molecule has 0 spiro atoms. The number of carbonyl (C=O) groups excluding carboxylic acids is 1. The highest BCUT2D eigenvalue weighted by Gasteiger charge is 2.13. The summed E-state index contributed by atoms with van der Waals surface area (Å²) in [5.41, 5.74) is 1.72. The molecular formula is C14H15NO3. The van der Waals surface area contributed by atoms with E-state index in [1.54, 1.807) is 6.20 Å². The molecule has 4 nitrogen and oxygen atoms in total. The second kappa shape index (κ2) is 5.51. The predicted octanol–water partition coefficient (Wildman–Crippen LogP) is 2.35. The summed E-state index contributed by atoms with van der Waals surface area (Å²) in [6, 6.07) is 7.55. The molecule has 18 heavy (non-hydrogen) atoms. The number of benzene rings is 1. The van der Waals surface area contributed by atoms with Crippen molar-refractivity contribution in [3.05, 3.63) is 48.7 Å². The maximum absolute atomic E-state index is 11.9. The first-order valence-corrected chi connectivity index (χ1v) is 5.75. The standard InChI is InChI=1S/C14H15NO3/c1-2-9-18-14(17)15-10-11(7-8-16)12-5-3-4-6-13(12)15/h2-6,10,16H,1,7-9H2. The Morgan fingerprint density at radius 1 is 1.44 bits per heavy atom. The molecule has 0 atom stereocenters. The third kappa shape index (κ3) is 2.28. The van der Waals surface area contributed by atoms with Gasteiger partial charge in [0.25, 0.3) is 0 Å². The van der Waals surface area contributed by atoms with Crippen molar-refractivity contribution in [3.8, 4) is 0 Å². The van der Waals surface area contributed by atoms with E-state index in [-0.39, 0.29) is 13.2 Å². The molecular weight excluding hydrogens is 230 g/mol. The fourth-order valence-electron chi connectivity index (χ4n) is 1.92. The first-order chi connectivity index (χ1) is 8.77. The van der Waals surface area contributed by atoms with Gasteiger partial charge in [0.1, 0.15) is 6.61 Å². The van der Waals surface area contributed by atoms with Gasteiger partial charge >= 0.3 is 6.09 Å². The summed E-state index contributed by atoms with van der Waals surface area (Å²) in [5, 5.41) is 9.99. The number of para-hydroxylation sites is 1. The summed E-state index contributed by atoms with van der Waals surface area (Å²) in [7, 11) is 0. The Hall–Kier alpha value is -2.07. The zero-order valence-corrected chi connectivity index (χ0v) is 10.0. The van der Waals surface area contributed by atoms with Crippen molar-refractivity contribution >= 4 is 17.0 Å². The van der Waals surface area contributed by atoms with Crippen LogP contribution in [-0.2, 0) is 11.2 Å². The minimum Gasteiger partial charge on any atom is -0.445 e. The number of fused-ring (bicyclic) bond motifs is 1. The minimum atomic E-state index is -0.435. The van der Waals surface area contributed by atoms with Crippen molar-refractivity contribution in [1.82, 2.24) is 4.57 Å². The molecule has 2 aromatic rings. The highest BCUT2D eigenvalue weighted by molar-refractivity contribution is 5.91. The van der Waals surface area contributed by atoms with Crippen LogP contribution in [-0.4, -0.2) is 29.0 Å². The van der Waals surface area contributed by atoms with Gasteiger partial charge < -0.3 is 9.84 Å². The monoisotopic (exact) mass is 245 g/mol. The van der Waals surface area contributed by atoms with Gasteiger partial charge in [0, 0.05) is 18.2 Å². The number of rotatable bonds is 4. The molecule has 2 rings (SSSR count). The molecule has 4 heteroatoms. The minimum absolute atomic E-state index is 0.0513. The Bertz CT molecular complexity index is 571. The number of ether oxygens (including phenoxy) is 1. The van der Waals surface area contributed by atoms with Crippen molar-refractivity contribution in [1.29, 1.82) is 0 Å².